The number of nitrogens with zero attached hydrogens (tertiary/aromatic N) is 3. The fraction of sp³-hybridized carbons (Fsp3) is 0.368. The Kier molecular flexibility index (Phi) is 6.52. The van der Waals surface area contributed by atoms with Crippen LogP contribution in [0.15, 0.2) is 51.7 Å². The molecule has 3 rings (SSSR count). The third kappa shape index (κ3) is 4.58. The lowest BCUT2D eigenvalue weighted by Gasteiger charge is -2.41. The van der Waals surface area contributed by atoms with Crippen molar-refractivity contribution in [3.05, 3.63) is 52.5 Å². The molecular weight excluding hydrogens is 413 g/mol. The minimum absolute atomic E-state index is 0.0965. The molecule has 0 amide bonds. The molecule has 1 fully saturated rings. The highest BCUT2D eigenvalue weighted by molar-refractivity contribution is 7.89. The smallest absolute Gasteiger partial charge is 0.243 e. The van der Waals surface area contributed by atoms with Crippen LogP contribution in [0.4, 0.5) is 4.39 Å². The van der Waals surface area contributed by atoms with E-state index < -0.39 is 15.8 Å². The lowest BCUT2D eigenvalue weighted by Crippen LogP contribution is -2.51. The first kappa shape index (κ1) is 21.2. The molecule has 0 radical (unpaired) electrons. The van der Waals surface area contributed by atoms with Crippen LogP contribution in [-0.2, 0) is 15.4 Å². The third-order valence-electron chi connectivity index (χ3n) is 5.17. The van der Waals surface area contributed by atoms with Gasteiger partial charge in [-0.2, -0.15) is 9.57 Å². The van der Waals surface area contributed by atoms with Crippen LogP contribution < -0.4 is 10.6 Å². The molecule has 2 aromatic rings. The number of guanidine groups is 1. The highest BCUT2D eigenvalue weighted by Gasteiger charge is 2.40. The number of nitriles is 1. The minimum atomic E-state index is -3.67. The molecule has 0 unspecified atom stereocenters. The molecule has 10 heteroatoms. The average Bonchev–Trinajstić information content (AvgIpc) is 3.27. The molecular formula is C19H22FN5O2S2. The third-order valence-corrected chi connectivity index (χ3v) is 8.20. The van der Waals surface area contributed by atoms with Gasteiger partial charge in [-0.3, -0.25) is 10.3 Å². The molecule has 2 heterocycles. The molecule has 1 aliphatic rings. The standard InChI is InChI=1S/C19H22FN5O2S2/c1-22-18(24-14-21)23-13-19(17-3-2-12-28-17)8-10-25(11-9-19)29(26,27)16-6-4-15(20)5-7-16/h2-7,12H,8-11,13H2,1H3,(H2,22,23,24). The largest absolute Gasteiger partial charge is 0.355 e. The normalized spacial score (nSPS) is 17.5. The molecule has 0 aliphatic carbocycles. The SMILES string of the molecule is CN=C(NC#N)NCC1(c2cccs2)CCN(S(=O)(=O)c2ccc(F)cc2)CC1. The van der Waals surface area contributed by atoms with Gasteiger partial charge in [-0.1, -0.05) is 6.07 Å². The number of rotatable bonds is 5. The molecule has 29 heavy (non-hydrogen) atoms. The van der Waals surface area contributed by atoms with Gasteiger partial charge in [-0.15, -0.1) is 11.3 Å². The summed E-state index contributed by atoms with van der Waals surface area (Å²) in [6.07, 6.45) is 3.08. The van der Waals surface area contributed by atoms with Gasteiger partial charge in [0.15, 0.2) is 6.19 Å². The monoisotopic (exact) mass is 435 g/mol. The number of benzene rings is 1. The van der Waals surface area contributed by atoms with E-state index in [1.54, 1.807) is 18.4 Å². The second-order valence-corrected chi connectivity index (χ2v) is 9.66. The first-order valence-corrected chi connectivity index (χ1v) is 11.4. The number of piperidine rings is 1. The second kappa shape index (κ2) is 8.90. The predicted molar refractivity (Wildman–Crippen MR) is 111 cm³/mol. The lowest BCUT2D eigenvalue weighted by molar-refractivity contribution is 0.235. The van der Waals surface area contributed by atoms with Gasteiger partial charge in [-0.05, 0) is 48.6 Å². The van der Waals surface area contributed by atoms with E-state index in [-0.39, 0.29) is 10.3 Å². The summed E-state index contributed by atoms with van der Waals surface area (Å²) < 4.78 is 40.5. The zero-order valence-corrected chi connectivity index (χ0v) is 17.6. The van der Waals surface area contributed by atoms with Gasteiger partial charge >= 0.3 is 0 Å². The number of thiophene rings is 1. The van der Waals surface area contributed by atoms with Crippen molar-refractivity contribution >= 4 is 27.3 Å². The van der Waals surface area contributed by atoms with Crippen LogP contribution in [0.3, 0.4) is 0 Å². The summed E-state index contributed by atoms with van der Waals surface area (Å²) in [5.74, 6) is -0.0884. The van der Waals surface area contributed by atoms with Gasteiger partial charge in [0, 0.05) is 37.0 Å². The van der Waals surface area contributed by atoms with Crippen LogP contribution in [0, 0.1) is 17.3 Å². The Labute approximate surface area is 173 Å². The Morgan fingerprint density at radius 3 is 2.55 bits per heavy atom. The minimum Gasteiger partial charge on any atom is -0.355 e. The molecule has 7 nitrogen and oxygen atoms in total. The second-order valence-electron chi connectivity index (χ2n) is 6.78. The molecule has 154 valence electrons. The summed E-state index contributed by atoms with van der Waals surface area (Å²) in [5, 5.41) is 16.5. The maximum atomic E-state index is 13.2. The summed E-state index contributed by atoms with van der Waals surface area (Å²) in [4.78, 5) is 5.27. The Morgan fingerprint density at radius 1 is 1.31 bits per heavy atom. The van der Waals surface area contributed by atoms with Gasteiger partial charge in [-0.25, -0.2) is 12.8 Å². The van der Waals surface area contributed by atoms with Crippen LogP contribution >= 0.6 is 11.3 Å². The molecule has 0 saturated carbocycles. The van der Waals surface area contributed by atoms with Crippen molar-refractivity contribution < 1.29 is 12.8 Å². The number of sulfonamides is 1. The predicted octanol–water partition coefficient (Wildman–Crippen LogP) is 2.26. The van der Waals surface area contributed by atoms with E-state index in [1.807, 2.05) is 17.6 Å². The van der Waals surface area contributed by atoms with Gasteiger partial charge in [0.1, 0.15) is 5.82 Å². The van der Waals surface area contributed by atoms with Crippen LogP contribution in [0.1, 0.15) is 17.7 Å². The molecule has 1 aromatic carbocycles. The van der Waals surface area contributed by atoms with Crippen LogP contribution in [0.2, 0.25) is 0 Å². The van der Waals surface area contributed by atoms with E-state index in [0.717, 1.165) is 17.0 Å². The summed E-state index contributed by atoms with van der Waals surface area (Å²) in [6.45, 7) is 1.23. The van der Waals surface area contributed by atoms with E-state index in [2.05, 4.69) is 21.7 Å². The maximum Gasteiger partial charge on any atom is 0.243 e. The molecule has 0 spiro atoms. The van der Waals surface area contributed by atoms with Crippen molar-refractivity contribution in [2.75, 3.05) is 26.7 Å². The molecule has 0 atom stereocenters. The zero-order valence-electron chi connectivity index (χ0n) is 15.9. The maximum absolute atomic E-state index is 13.2. The Bertz CT molecular complexity index is 990. The van der Waals surface area contributed by atoms with E-state index >= 15 is 0 Å². The molecule has 0 bridgehead atoms. The zero-order chi connectivity index (χ0) is 20.9. The Hall–Kier alpha value is -2.48. The molecule has 1 aromatic heterocycles. The van der Waals surface area contributed by atoms with Crippen molar-refractivity contribution in [3.8, 4) is 6.19 Å². The fourth-order valence-corrected chi connectivity index (χ4v) is 5.91. The summed E-state index contributed by atoms with van der Waals surface area (Å²) in [5.41, 5.74) is -0.268. The number of hydrogen-bond acceptors (Lipinski definition) is 5. The topological polar surface area (TPSA) is 97.6 Å². The number of halogens is 1. The van der Waals surface area contributed by atoms with Gasteiger partial charge in [0.05, 0.1) is 4.90 Å². The molecule has 1 saturated heterocycles. The Morgan fingerprint density at radius 2 is 2.00 bits per heavy atom. The molecule has 1 aliphatic heterocycles. The lowest BCUT2D eigenvalue weighted by atomic mass is 9.77. The fourth-order valence-electron chi connectivity index (χ4n) is 3.49. The highest BCUT2D eigenvalue weighted by Crippen LogP contribution is 2.39. The first-order chi connectivity index (χ1) is 13.9. The van der Waals surface area contributed by atoms with E-state index in [9.17, 15) is 12.8 Å². The number of hydrogen-bond donors (Lipinski definition) is 2. The quantitative estimate of drug-likeness (QED) is 0.325. The van der Waals surface area contributed by atoms with Crippen LogP contribution in [0.25, 0.3) is 0 Å². The highest BCUT2D eigenvalue weighted by atomic mass is 32.2. The molecule has 2 N–H and O–H groups in total. The van der Waals surface area contributed by atoms with Gasteiger partial charge < -0.3 is 5.32 Å². The van der Waals surface area contributed by atoms with Crippen LogP contribution in [-0.4, -0.2) is 45.4 Å². The van der Waals surface area contributed by atoms with Crippen molar-refractivity contribution in [1.29, 1.82) is 5.26 Å². The Balaban J connectivity index is 1.77. The van der Waals surface area contributed by atoms with Gasteiger partial charge in [0.25, 0.3) is 0 Å². The first-order valence-electron chi connectivity index (χ1n) is 9.07. The summed E-state index contributed by atoms with van der Waals surface area (Å²) in [7, 11) is -2.09. The van der Waals surface area contributed by atoms with Crippen molar-refractivity contribution in [2.24, 2.45) is 4.99 Å². The van der Waals surface area contributed by atoms with E-state index in [4.69, 9.17) is 5.26 Å². The van der Waals surface area contributed by atoms with Gasteiger partial charge in [0.2, 0.25) is 16.0 Å². The van der Waals surface area contributed by atoms with Crippen molar-refractivity contribution in [1.82, 2.24) is 14.9 Å². The number of aliphatic imine (C=N–C) groups is 1. The summed E-state index contributed by atoms with van der Waals surface area (Å²) >= 11 is 1.63. The van der Waals surface area contributed by atoms with Crippen molar-refractivity contribution in [3.63, 3.8) is 0 Å². The summed E-state index contributed by atoms with van der Waals surface area (Å²) in [6, 6.07) is 8.94. The van der Waals surface area contributed by atoms with Crippen LogP contribution in [0.5, 0.6) is 0 Å². The van der Waals surface area contributed by atoms with Crippen molar-refractivity contribution in [2.45, 2.75) is 23.2 Å². The number of nitrogens with one attached hydrogen (secondary N) is 2. The van der Waals surface area contributed by atoms with E-state index in [0.29, 0.717) is 38.4 Å². The van der Waals surface area contributed by atoms with E-state index in [1.165, 1.54) is 16.4 Å². The average molecular weight is 436 g/mol.